The van der Waals surface area contributed by atoms with Crippen molar-refractivity contribution in [2.24, 2.45) is 5.41 Å². The predicted octanol–water partition coefficient (Wildman–Crippen LogP) is 3.39. The normalized spacial score (nSPS) is 17.9. The van der Waals surface area contributed by atoms with E-state index in [0.717, 1.165) is 12.1 Å². The molecule has 0 aliphatic heterocycles. The van der Waals surface area contributed by atoms with E-state index in [9.17, 15) is 4.79 Å². The third kappa shape index (κ3) is 2.87. The van der Waals surface area contributed by atoms with E-state index < -0.39 is 0 Å². The van der Waals surface area contributed by atoms with Crippen LogP contribution in [-0.2, 0) is 0 Å². The lowest BCUT2D eigenvalue weighted by atomic mass is 9.83. The second-order valence-electron chi connectivity index (χ2n) is 5.11. The summed E-state index contributed by atoms with van der Waals surface area (Å²) in [5.41, 5.74) is 1.13. The first-order chi connectivity index (χ1) is 8.26. The van der Waals surface area contributed by atoms with Crippen LogP contribution in [0.4, 0.5) is 0 Å². The average Bonchev–Trinajstić information content (AvgIpc) is 2.86. The standard InChI is InChI=1S/C15H21NO/c1-2-15(10-6-7-11-15)12-16-14(17)13-8-4-3-5-9-13/h3-5,8-9H,2,6-7,10-12H2,1H3,(H,16,17). The summed E-state index contributed by atoms with van der Waals surface area (Å²) in [6.45, 7) is 3.07. The molecule has 0 atom stereocenters. The summed E-state index contributed by atoms with van der Waals surface area (Å²) < 4.78 is 0. The number of amides is 1. The van der Waals surface area contributed by atoms with Gasteiger partial charge in [-0.15, -0.1) is 0 Å². The Labute approximate surface area is 103 Å². The van der Waals surface area contributed by atoms with E-state index in [-0.39, 0.29) is 5.91 Å². The van der Waals surface area contributed by atoms with Gasteiger partial charge in [0.15, 0.2) is 0 Å². The summed E-state index contributed by atoms with van der Waals surface area (Å²) in [4.78, 5) is 11.9. The molecule has 0 radical (unpaired) electrons. The second kappa shape index (κ2) is 5.35. The van der Waals surface area contributed by atoms with Crippen LogP contribution >= 0.6 is 0 Å². The highest BCUT2D eigenvalue weighted by molar-refractivity contribution is 5.94. The highest BCUT2D eigenvalue weighted by atomic mass is 16.1. The van der Waals surface area contributed by atoms with E-state index in [1.54, 1.807) is 0 Å². The van der Waals surface area contributed by atoms with Crippen molar-refractivity contribution in [3.8, 4) is 0 Å². The van der Waals surface area contributed by atoms with Crippen molar-refractivity contribution in [2.45, 2.75) is 39.0 Å². The van der Waals surface area contributed by atoms with Gasteiger partial charge in [-0.2, -0.15) is 0 Å². The topological polar surface area (TPSA) is 29.1 Å². The molecule has 1 fully saturated rings. The van der Waals surface area contributed by atoms with Crippen molar-refractivity contribution < 1.29 is 4.79 Å². The van der Waals surface area contributed by atoms with Gasteiger partial charge >= 0.3 is 0 Å². The third-order valence-electron chi connectivity index (χ3n) is 4.07. The monoisotopic (exact) mass is 231 g/mol. The van der Waals surface area contributed by atoms with E-state index in [0.29, 0.717) is 5.41 Å². The van der Waals surface area contributed by atoms with Crippen LogP contribution in [0, 0.1) is 5.41 Å². The molecule has 2 rings (SSSR count). The zero-order valence-electron chi connectivity index (χ0n) is 10.5. The Balaban J connectivity index is 1.92. The van der Waals surface area contributed by atoms with Gasteiger partial charge in [-0.05, 0) is 36.8 Å². The number of hydrogen-bond donors (Lipinski definition) is 1. The molecule has 1 amide bonds. The summed E-state index contributed by atoms with van der Waals surface area (Å²) in [6.07, 6.45) is 6.32. The van der Waals surface area contributed by atoms with Crippen LogP contribution in [0.1, 0.15) is 49.4 Å². The van der Waals surface area contributed by atoms with Crippen LogP contribution in [-0.4, -0.2) is 12.5 Å². The lowest BCUT2D eigenvalue weighted by molar-refractivity contribution is 0.0929. The first-order valence-electron chi connectivity index (χ1n) is 6.59. The highest BCUT2D eigenvalue weighted by Crippen LogP contribution is 2.40. The maximum atomic E-state index is 11.9. The van der Waals surface area contributed by atoms with E-state index in [1.807, 2.05) is 30.3 Å². The molecule has 0 unspecified atom stereocenters. The lowest BCUT2D eigenvalue weighted by Gasteiger charge is -2.27. The molecule has 2 nitrogen and oxygen atoms in total. The van der Waals surface area contributed by atoms with Crippen LogP contribution in [0.15, 0.2) is 30.3 Å². The van der Waals surface area contributed by atoms with Crippen LogP contribution in [0.25, 0.3) is 0 Å². The number of rotatable bonds is 4. The Morgan fingerprint density at radius 3 is 2.47 bits per heavy atom. The summed E-state index contributed by atoms with van der Waals surface area (Å²) in [6, 6.07) is 9.46. The fourth-order valence-corrected chi connectivity index (χ4v) is 2.74. The van der Waals surface area contributed by atoms with Gasteiger partial charge in [-0.25, -0.2) is 0 Å². The van der Waals surface area contributed by atoms with E-state index in [1.165, 1.54) is 32.1 Å². The fourth-order valence-electron chi connectivity index (χ4n) is 2.74. The van der Waals surface area contributed by atoms with E-state index in [4.69, 9.17) is 0 Å². The second-order valence-corrected chi connectivity index (χ2v) is 5.11. The number of carbonyl (C=O) groups is 1. The maximum Gasteiger partial charge on any atom is 0.251 e. The van der Waals surface area contributed by atoms with Crippen LogP contribution < -0.4 is 5.32 Å². The molecule has 92 valence electrons. The Morgan fingerprint density at radius 2 is 1.88 bits per heavy atom. The Kier molecular flexibility index (Phi) is 3.82. The molecular formula is C15H21NO. The molecule has 1 N–H and O–H groups in total. The van der Waals surface area contributed by atoms with Crippen LogP contribution in [0.5, 0.6) is 0 Å². The van der Waals surface area contributed by atoms with Gasteiger partial charge in [0.2, 0.25) is 0 Å². The zero-order valence-corrected chi connectivity index (χ0v) is 10.5. The van der Waals surface area contributed by atoms with Crippen molar-refractivity contribution in [1.82, 2.24) is 5.32 Å². The minimum absolute atomic E-state index is 0.0605. The summed E-state index contributed by atoms with van der Waals surface area (Å²) in [5.74, 6) is 0.0605. The molecule has 1 aromatic rings. The zero-order chi connectivity index (χ0) is 12.1. The van der Waals surface area contributed by atoms with Crippen molar-refractivity contribution in [3.05, 3.63) is 35.9 Å². The van der Waals surface area contributed by atoms with Crippen LogP contribution in [0.3, 0.4) is 0 Å². The SMILES string of the molecule is CCC1(CNC(=O)c2ccccc2)CCCC1. The van der Waals surface area contributed by atoms with Gasteiger partial charge in [0.25, 0.3) is 5.91 Å². The average molecular weight is 231 g/mol. The highest BCUT2D eigenvalue weighted by Gasteiger charge is 2.32. The van der Waals surface area contributed by atoms with E-state index >= 15 is 0 Å². The molecule has 1 aromatic carbocycles. The molecular weight excluding hydrogens is 210 g/mol. The Hall–Kier alpha value is -1.31. The lowest BCUT2D eigenvalue weighted by Crippen LogP contribution is -2.35. The van der Waals surface area contributed by atoms with Crippen molar-refractivity contribution in [1.29, 1.82) is 0 Å². The molecule has 1 aliphatic rings. The molecule has 0 heterocycles. The molecule has 2 heteroatoms. The maximum absolute atomic E-state index is 11.9. The largest absolute Gasteiger partial charge is 0.351 e. The quantitative estimate of drug-likeness (QED) is 0.845. The van der Waals surface area contributed by atoms with Gasteiger partial charge in [0.05, 0.1) is 0 Å². The first-order valence-corrected chi connectivity index (χ1v) is 6.59. The van der Waals surface area contributed by atoms with Crippen LogP contribution in [0.2, 0.25) is 0 Å². The molecule has 17 heavy (non-hydrogen) atoms. The predicted molar refractivity (Wildman–Crippen MR) is 70.0 cm³/mol. The van der Waals surface area contributed by atoms with Gasteiger partial charge in [-0.3, -0.25) is 4.79 Å². The van der Waals surface area contributed by atoms with Crippen molar-refractivity contribution in [2.75, 3.05) is 6.54 Å². The Bertz CT molecular complexity index is 366. The van der Waals surface area contributed by atoms with Gasteiger partial charge in [0.1, 0.15) is 0 Å². The van der Waals surface area contributed by atoms with Gasteiger partial charge in [-0.1, -0.05) is 38.0 Å². The van der Waals surface area contributed by atoms with E-state index in [2.05, 4.69) is 12.2 Å². The Morgan fingerprint density at radius 1 is 1.24 bits per heavy atom. The summed E-state index contributed by atoms with van der Waals surface area (Å²) in [5, 5.41) is 3.09. The van der Waals surface area contributed by atoms with Crippen molar-refractivity contribution in [3.63, 3.8) is 0 Å². The summed E-state index contributed by atoms with van der Waals surface area (Å²) in [7, 11) is 0. The molecule has 0 aromatic heterocycles. The molecule has 0 spiro atoms. The number of nitrogens with one attached hydrogen (secondary N) is 1. The number of benzene rings is 1. The molecule has 0 saturated heterocycles. The first kappa shape index (κ1) is 12.2. The van der Waals surface area contributed by atoms with Gasteiger partial charge < -0.3 is 5.32 Å². The minimum Gasteiger partial charge on any atom is -0.351 e. The molecule has 1 saturated carbocycles. The molecule has 1 aliphatic carbocycles. The fraction of sp³-hybridized carbons (Fsp3) is 0.533. The van der Waals surface area contributed by atoms with Crippen molar-refractivity contribution >= 4 is 5.91 Å². The van der Waals surface area contributed by atoms with Gasteiger partial charge in [0, 0.05) is 12.1 Å². The summed E-state index contributed by atoms with van der Waals surface area (Å²) >= 11 is 0. The number of carbonyl (C=O) groups excluding carboxylic acids is 1. The number of hydrogen-bond acceptors (Lipinski definition) is 1. The third-order valence-corrected chi connectivity index (χ3v) is 4.07. The molecule has 0 bridgehead atoms. The minimum atomic E-state index is 0.0605. The smallest absolute Gasteiger partial charge is 0.251 e.